The summed E-state index contributed by atoms with van der Waals surface area (Å²) in [6, 6.07) is 20.9. The highest BCUT2D eigenvalue weighted by atomic mass is 19.1. The number of hydrogen-bond donors (Lipinski definition) is 0. The molecule has 1 saturated heterocycles. The van der Waals surface area contributed by atoms with E-state index in [-0.39, 0.29) is 12.5 Å². The lowest BCUT2D eigenvalue weighted by Gasteiger charge is -2.33. The van der Waals surface area contributed by atoms with Crippen molar-refractivity contribution in [1.29, 1.82) is 0 Å². The monoisotopic (exact) mass is 469 g/mol. The van der Waals surface area contributed by atoms with Crippen molar-refractivity contribution < 1.29 is 8.78 Å². The molecule has 0 atom stereocenters. The highest BCUT2D eigenvalue weighted by Gasteiger charge is 2.23. The summed E-state index contributed by atoms with van der Waals surface area (Å²) in [5.41, 5.74) is 12.2. The van der Waals surface area contributed by atoms with Gasteiger partial charge in [-0.25, -0.2) is 4.39 Å². The third kappa shape index (κ3) is 5.01. The van der Waals surface area contributed by atoms with E-state index in [0.717, 1.165) is 50.0 Å². The van der Waals surface area contributed by atoms with Gasteiger partial charge >= 0.3 is 0 Å². The van der Waals surface area contributed by atoms with Crippen LogP contribution in [0.25, 0.3) is 17.2 Å². The molecule has 3 aromatic rings. The molecular weight excluding hydrogens is 436 g/mol. The van der Waals surface area contributed by atoms with Gasteiger partial charge in [-0.2, -0.15) is 0 Å². The number of fused-ring (bicyclic) bond motifs is 1. The van der Waals surface area contributed by atoms with E-state index in [1.54, 1.807) is 12.1 Å². The lowest BCUT2D eigenvalue weighted by Crippen LogP contribution is -2.40. The number of benzene rings is 3. The number of likely N-dealkylation sites (tertiary alicyclic amines) is 1. The van der Waals surface area contributed by atoms with E-state index in [0.29, 0.717) is 6.42 Å². The Labute approximate surface area is 207 Å². The lowest BCUT2D eigenvalue weighted by atomic mass is 9.84. The predicted molar refractivity (Wildman–Crippen MR) is 143 cm³/mol. The van der Waals surface area contributed by atoms with E-state index in [2.05, 4.69) is 59.5 Å². The zero-order valence-corrected chi connectivity index (χ0v) is 20.7. The van der Waals surface area contributed by atoms with E-state index in [1.165, 1.54) is 44.5 Å². The predicted octanol–water partition coefficient (Wildman–Crippen LogP) is 7.80. The maximum Gasteiger partial charge on any atom is 0.123 e. The fourth-order valence-corrected chi connectivity index (χ4v) is 5.73. The van der Waals surface area contributed by atoms with Gasteiger partial charge in [0.2, 0.25) is 0 Å². The minimum Gasteiger partial charge on any atom is -0.295 e. The van der Waals surface area contributed by atoms with Crippen molar-refractivity contribution in [2.24, 2.45) is 0 Å². The first kappa shape index (κ1) is 23.7. The fraction of sp³-hybridized carbons (Fsp3) is 0.312. The molecule has 2 aliphatic rings. The molecule has 1 fully saturated rings. The van der Waals surface area contributed by atoms with Gasteiger partial charge in [0.1, 0.15) is 5.82 Å². The van der Waals surface area contributed by atoms with Crippen molar-refractivity contribution in [1.82, 2.24) is 4.90 Å². The van der Waals surface area contributed by atoms with Crippen molar-refractivity contribution in [3.8, 4) is 0 Å². The van der Waals surface area contributed by atoms with Crippen molar-refractivity contribution in [3.63, 3.8) is 0 Å². The van der Waals surface area contributed by atoms with Crippen molar-refractivity contribution in [3.05, 3.63) is 111 Å². The number of hydrogen-bond acceptors (Lipinski definition) is 1. The maximum absolute atomic E-state index is 14.1. The third-order valence-electron chi connectivity index (χ3n) is 7.29. The van der Waals surface area contributed by atoms with Crippen LogP contribution in [0.1, 0.15) is 58.2 Å². The topological polar surface area (TPSA) is 3.24 Å². The van der Waals surface area contributed by atoms with E-state index in [1.807, 2.05) is 13.8 Å². The Balaban J connectivity index is 1.55. The number of aryl methyl sites for hydroxylation is 3. The third-order valence-corrected chi connectivity index (χ3v) is 7.29. The number of nitrogens with zero attached hydrogens (tertiary/aromatic N) is 1. The molecule has 3 aromatic carbocycles. The van der Waals surface area contributed by atoms with Gasteiger partial charge < -0.3 is 0 Å². The molecule has 3 heteroatoms. The van der Waals surface area contributed by atoms with Crippen LogP contribution in [0.3, 0.4) is 0 Å². The van der Waals surface area contributed by atoms with Crippen LogP contribution in [0.15, 0.2) is 66.2 Å². The molecular formula is C32H33F2N. The van der Waals surface area contributed by atoms with Gasteiger partial charge in [-0.15, -0.1) is 0 Å². The Morgan fingerprint density at radius 1 is 0.914 bits per heavy atom. The molecule has 5 rings (SSSR count). The Bertz CT molecular complexity index is 1250. The Morgan fingerprint density at radius 2 is 1.63 bits per heavy atom. The lowest BCUT2D eigenvalue weighted by molar-refractivity contribution is 0.239. The summed E-state index contributed by atoms with van der Waals surface area (Å²) >= 11 is 0. The molecule has 1 nitrogen and oxygen atoms in total. The molecule has 1 aliphatic heterocycles. The van der Waals surface area contributed by atoms with Crippen LogP contribution >= 0.6 is 0 Å². The molecule has 180 valence electrons. The van der Waals surface area contributed by atoms with Crippen LogP contribution in [0, 0.1) is 19.7 Å². The van der Waals surface area contributed by atoms with E-state index < -0.39 is 0 Å². The Morgan fingerprint density at radius 3 is 2.34 bits per heavy atom. The molecule has 35 heavy (non-hydrogen) atoms. The Hall–Kier alpha value is -3.04. The van der Waals surface area contributed by atoms with Crippen LogP contribution in [-0.2, 0) is 6.42 Å². The SMILES string of the molecule is Cc1cc(F)cc(C)c1C1=C(c2ccc(C=C3CN(CCCF)C3)cc2)c2ccccc2CCC1. The highest BCUT2D eigenvalue weighted by Crippen LogP contribution is 2.42. The van der Waals surface area contributed by atoms with Crippen molar-refractivity contribution in [2.75, 3.05) is 26.3 Å². The number of allylic oxidation sites excluding steroid dienone is 1. The first-order valence-electron chi connectivity index (χ1n) is 12.7. The average Bonchev–Trinajstić information content (AvgIpc) is 3.00. The molecule has 0 unspecified atom stereocenters. The second kappa shape index (κ2) is 10.3. The molecule has 0 amide bonds. The van der Waals surface area contributed by atoms with Crippen molar-refractivity contribution >= 4 is 17.2 Å². The first-order valence-corrected chi connectivity index (χ1v) is 12.7. The number of rotatable bonds is 6. The highest BCUT2D eigenvalue weighted by molar-refractivity contribution is 6.01. The molecule has 1 heterocycles. The zero-order chi connectivity index (χ0) is 24.4. The van der Waals surface area contributed by atoms with Gasteiger partial charge in [0.05, 0.1) is 6.67 Å². The standard InChI is InChI=1S/C32H33F2N/c1-22-17-28(34)18-23(2)31(22)30-10-5-8-26-7-3-4-9-29(26)32(30)27-13-11-24(12-14-27)19-25-20-35(21-25)16-6-15-33/h3-4,7,9,11-14,17-19H,5-6,8,10,15-16,20-21H2,1-2H3. The van der Waals surface area contributed by atoms with E-state index in [9.17, 15) is 8.78 Å². The van der Waals surface area contributed by atoms with Gasteiger partial charge in [0.25, 0.3) is 0 Å². The number of halogens is 2. The van der Waals surface area contributed by atoms with E-state index >= 15 is 0 Å². The van der Waals surface area contributed by atoms with Crippen molar-refractivity contribution in [2.45, 2.75) is 39.5 Å². The van der Waals surface area contributed by atoms with Crippen LogP contribution in [-0.4, -0.2) is 31.2 Å². The van der Waals surface area contributed by atoms with Crippen LogP contribution in [0.4, 0.5) is 8.78 Å². The zero-order valence-electron chi connectivity index (χ0n) is 20.7. The van der Waals surface area contributed by atoms with Gasteiger partial charge in [0.15, 0.2) is 0 Å². The second-order valence-corrected chi connectivity index (χ2v) is 9.96. The summed E-state index contributed by atoms with van der Waals surface area (Å²) in [5, 5.41) is 0. The molecule has 0 saturated carbocycles. The number of alkyl halides is 1. The van der Waals surface area contributed by atoms with Crippen LogP contribution < -0.4 is 0 Å². The minimum absolute atomic E-state index is 0.170. The molecule has 1 aliphatic carbocycles. The quantitative estimate of drug-likeness (QED) is 0.356. The summed E-state index contributed by atoms with van der Waals surface area (Å²) in [6.07, 6.45) is 5.98. The average molecular weight is 470 g/mol. The first-order chi connectivity index (χ1) is 17.0. The fourth-order valence-electron chi connectivity index (χ4n) is 5.73. The summed E-state index contributed by atoms with van der Waals surface area (Å²) in [6.45, 7) is 6.52. The summed E-state index contributed by atoms with van der Waals surface area (Å²) in [5.74, 6) is -0.170. The van der Waals surface area contributed by atoms with E-state index in [4.69, 9.17) is 0 Å². The maximum atomic E-state index is 14.1. The van der Waals surface area contributed by atoms with Crippen LogP contribution in [0.2, 0.25) is 0 Å². The van der Waals surface area contributed by atoms with Gasteiger partial charge in [-0.05, 0) is 107 Å². The van der Waals surface area contributed by atoms with Gasteiger partial charge in [-0.3, -0.25) is 9.29 Å². The molecule has 0 aromatic heterocycles. The van der Waals surface area contributed by atoms with Crippen LogP contribution in [0.5, 0.6) is 0 Å². The molecule has 0 bridgehead atoms. The Kier molecular flexibility index (Phi) is 6.97. The minimum atomic E-state index is -0.241. The summed E-state index contributed by atoms with van der Waals surface area (Å²) in [7, 11) is 0. The second-order valence-electron chi connectivity index (χ2n) is 9.96. The molecule has 0 spiro atoms. The largest absolute Gasteiger partial charge is 0.295 e. The molecule has 0 radical (unpaired) electrons. The molecule has 0 N–H and O–H groups in total. The normalized spacial score (nSPS) is 16.1. The summed E-state index contributed by atoms with van der Waals surface area (Å²) < 4.78 is 26.5. The van der Waals surface area contributed by atoms with Gasteiger partial charge in [-0.1, -0.05) is 54.6 Å². The van der Waals surface area contributed by atoms with Gasteiger partial charge in [0, 0.05) is 19.6 Å². The summed E-state index contributed by atoms with van der Waals surface area (Å²) in [4.78, 5) is 2.28. The smallest absolute Gasteiger partial charge is 0.123 e.